The SMILES string of the molecule is CCC(CC)(C(=O)O)C1CS(=O)(=O)c2ccccc21. The summed E-state index contributed by atoms with van der Waals surface area (Å²) in [7, 11) is -3.35. The second kappa shape index (κ2) is 4.63. The molecule has 0 saturated heterocycles. The maximum absolute atomic E-state index is 12.2. The lowest BCUT2D eigenvalue weighted by molar-refractivity contribution is -0.150. The molecular formula is C14H18O4S. The number of carboxylic acids is 1. The molecule has 1 unspecified atom stereocenters. The summed E-state index contributed by atoms with van der Waals surface area (Å²) < 4.78 is 24.3. The molecule has 0 aromatic heterocycles. The zero-order valence-corrected chi connectivity index (χ0v) is 11.9. The van der Waals surface area contributed by atoms with Gasteiger partial charge in [-0.05, 0) is 24.5 Å². The molecule has 0 spiro atoms. The molecule has 4 nitrogen and oxygen atoms in total. The first-order chi connectivity index (χ1) is 8.89. The van der Waals surface area contributed by atoms with Crippen LogP contribution >= 0.6 is 0 Å². The third-order valence-electron chi connectivity index (χ3n) is 4.37. The molecular weight excluding hydrogens is 264 g/mol. The Kier molecular flexibility index (Phi) is 3.43. The van der Waals surface area contributed by atoms with Crippen LogP contribution in [0.3, 0.4) is 0 Å². The normalized spacial score (nSPS) is 21.1. The van der Waals surface area contributed by atoms with Gasteiger partial charge < -0.3 is 5.11 Å². The van der Waals surface area contributed by atoms with Gasteiger partial charge in [-0.25, -0.2) is 8.42 Å². The molecule has 0 aliphatic carbocycles. The highest BCUT2D eigenvalue weighted by molar-refractivity contribution is 7.91. The average molecular weight is 282 g/mol. The highest BCUT2D eigenvalue weighted by Gasteiger charge is 2.50. The van der Waals surface area contributed by atoms with Crippen molar-refractivity contribution in [3.63, 3.8) is 0 Å². The Labute approximate surface area is 113 Å². The predicted molar refractivity (Wildman–Crippen MR) is 71.9 cm³/mol. The van der Waals surface area contributed by atoms with Crippen molar-refractivity contribution in [2.24, 2.45) is 5.41 Å². The highest BCUT2D eigenvalue weighted by atomic mass is 32.2. The van der Waals surface area contributed by atoms with Gasteiger partial charge in [0.05, 0.1) is 16.1 Å². The molecule has 0 radical (unpaired) electrons. The van der Waals surface area contributed by atoms with Crippen LogP contribution in [0.2, 0.25) is 0 Å². The van der Waals surface area contributed by atoms with Crippen molar-refractivity contribution < 1.29 is 18.3 Å². The molecule has 1 heterocycles. The molecule has 104 valence electrons. The van der Waals surface area contributed by atoms with Crippen LogP contribution in [0.1, 0.15) is 38.2 Å². The van der Waals surface area contributed by atoms with Crippen LogP contribution in [0.4, 0.5) is 0 Å². The first kappa shape index (κ1) is 14.1. The second-order valence-corrected chi connectivity index (χ2v) is 7.04. The fourth-order valence-electron chi connectivity index (χ4n) is 3.10. The molecule has 0 bridgehead atoms. The van der Waals surface area contributed by atoms with Crippen molar-refractivity contribution in [3.8, 4) is 0 Å². The molecule has 1 N–H and O–H groups in total. The maximum atomic E-state index is 12.2. The number of rotatable bonds is 4. The molecule has 1 aromatic carbocycles. The van der Waals surface area contributed by atoms with Crippen LogP contribution in [0.25, 0.3) is 0 Å². The summed E-state index contributed by atoms with van der Waals surface area (Å²) in [6.07, 6.45) is 0.848. The molecule has 1 atom stereocenters. The zero-order valence-electron chi connectivity index (χ0n) is 11.1. The molecule has 5 heteroatoms. The fraction of sp³-hybridized carbons (Fsp3) is 0.500. The smallest absolute Gasteiger partial charge is 0.310 e. The van der Waals surface area contributed by atoms with Gasteiger partial charge in [0, 0.05) is 5.92 Å². The summed E-state index contributed by atoms with van der Waals surface area (Å²) in [5, 5.41) is 9.59. The summed E-state index contributed by atoms with van der Waals surface area (Å²) in [5.41, 5.74) is -0.340. The number of hydrogen-bond acceptors (Lipinski definition) is 3. The summed E-state index contributed by atoms with van der Waals surface area (Å²) in [6, 6.07) is 6.76. The van der Waals surface area contributed by atoms with E-state index in [0.29, 0.717) is 23.3 Å². The van der Waals surface area contributed by atoms with E-state index in [1.807, 2.05) is 13.8 Å². The molecule has 0 saturated carbocycles. The maximum Gasteiger partial charge on any atom is 0.310 e. The van der Waals surface area contributed by atoms with Gasteiger partial charge in [-0.1, -0.05) is 32.0 Å². The van der Waals surface area contributed by atoms with E-state index >= 15 is 0 Å². The number of sulfone groups is 1. The number of benzene rings is 1. The molecule has 1 aliphatic rings. The number of carbonyl (C=O) groups is 1. The Morgan fingerprint density at radius 1 is 1.32 bits per heavy atom. The van der Waals surface area contributed by atoms with E-state index < -0.39 is 27.1 Å². The number of aliphatic carboxylic acids is 1. The van der Waals surface area contributed by atoms with Crippen LogP contribution in [0.5, 0.6) is 0 Å². The first-order valence-electron chi connectivity index (χ1n) is 6.44. The first-order valence-corrected chi connectivity index (χ1v) is 8.09. The molecule has 1 aliphatic heterocycles. The monoisotopic (exact) mass is 282 g/mol. The number of hydrogen-bond donors (Lipinski definition) is 1. The molecule has 0 fully saturated rings. The van der Waals surface area contributed by atoms with Crippen molar-refractivity contribution in [1.29, 1.82) is 0 Å². The van der Waals surface area contributed by atoms with Crippen LogP contribution in [-0.4, -0.2) is 25.2 Å². The van der Waals surface area contributed by atoms with Gasteiger partial charge >= 0.3 is 5.97 Å². The van der Waals surface area contributed by atoms with Crippen molar-refractivity contribution in [2.45, 2.75) is 37.5 Å². The van der Waals surface area contributed by atoms with Gasteiger partial charge in [0.2, 0.25) is 0 Å². The fourth-order valence-corrected chi connectivity index (χ4v) is 5.07. The summed E-state index contributed by atoms with van der Waals surface area (Å²) >= 11 is 0. The average Bonchev–Trinajstić information content (AvgIpc) is 2.65. The Morgan fingerprint density at radius 2 is 1.89 bits per heavy atom. The van der Waals surface area contributed by atoms with Gasteiger partial charge in [0.25, 0.3) is 0 Å². The third-order valence-corrected chi connectivity index (χ3v) is 6.18. The van der Waals surface area contributed by atoms with Crippen LogP contribution in [0.15, 0.2) is 29.2 Å². The van der Waals surface area contributed by atoms with E-state index in [1.54, 1.807) is 24.3 Å². The van der Waals surface area contributed by atoms with E-state index in [2.05, 4.69) is 0 Å². The Balaban J connectivity index is 2.63. The quantitative estimate of drug-likeness (QED) is 0.920. The summed E-state index contributed by atoms with van der Waals surface area (Å²) in [4.78, 5) is 12.0. The summed E-state index contributed by atoms with van der Waals surface area (Å²) in [5.74, 6) is -1.46. The minimum atomic E-state index is -3.35. The standard InChI is InChI=1S/C14H18O4S/c1-3-14(4-2,13(15)16)11-9-19(17,18)12-8-6-5-7-10(11)12/h5-8,11H,3-4,9H2,1-2H3,(H,15,16). The van der Waals surface area contributed by atoms with Gasteiger partial charge in [-0.2, -0.15) is 0 Å². The van der Waals surface area contributed by atoms with Crippen molar-refractivity contribution >= 4 is 15.8 Å². The van der Waals surface area contributed by atoms with Gasteiger partial charge in [0.15, 0.2) is 9.84 Å². The van der Waals surface area contributed by atoms with E-state index in [1.165, 1.54) is 0 Å². The van der Waals surface area contributed by atoms with Gasteiger partial charge in [-0.3, -0.25) is 4.79 Å². The minimum Gasteiger partial charge on any atom is -0.481 e. The topological polar surface area (TPSA) is 71.4 Å². The largest absolute Gasteiger partial charge is 0.481 e. The molecule has 2 rings (SSSR count). The molecule has 19 heavy (non-hydrogen) atoms. The van der Waals surface area contributed by atoms with E-state index in [9.17, 15) is 18.3 Å². The van der Waals surface area contributed by atoms with Crippen LogP contribution in [-0.2, 0) is 14.6 Å². The lowest BCUT2D eigenvalue weighted by atomic mass is 9.69. The van der Waals surface area contributed by atoms with Crippen LogP contribution < -0.4 is 0 Å². The number of carboxylic acid groups (broad SMARTS) is 1. The van der Waals surface area contributed by atoms with Crippen molar-refractivity contribution in [3.05, 3.63) is 29.8 Å². The third kappa shape index (κ3) is 1.96. The zero-order chi connectivity index (χ0) is 14.3. The van der Waals surface area contributed by atoms with E-state index in [0.717, 1.165) is 0 Å². The molecule has 0 amide bonds. The van der Waals surface area contributed by atoms with Gasteiger partial charge in [0.1, 0.15) is 0 Å². The second-order valence-electron chi connectivity index (χ2n) is 5.04. The van der Waals surface area contributed by atoms with Crippen molar-refractivity contribution in [2.75, 3.05) is 5.75 Å². The lowest BCUT2D eigenvalue weighted by Gasteiger charge is -2.33. The highest BCUT2D eigenvalue weighted by Crippen LogP contribution is 2.49. The Bertz CT molecular complexity index is 600. The van der Waals surface area contributed by atoms with Crippen molar-refractivity contribution in [1.82, 2.24) is 0 Å². The van der Waals surface area contributed by atoms with Gasteiger partial charge in [-0.15, -0.1) is 0 Å². The Morgan fingerprint density at radius 3 is 2.42 bits per heavy atom. The molecule has 1 aromatic rings. The van der Waals surface area contributed by atoms with E-state index in [-0.39, 0.29) is 5.75 Å². The predicted octanol–water partition coefficient (Wildman–Crippen LogP) is 2.45. The lowest BCUT2D eigenvalue weighted by Crippen LogP contribution is -2.37. The van der Waals surface area contributed by atoms with Crippen LogP contribution in [0, 0.1) is 5.41 Å². The summed E-state index contributed by atoms with van der Waals surface area (Å²) in [6.45, 7) is 3.62. The minimum absolute atomic E-state index is 0.0969. The Hall–Kier alpha value is -1.36. The number of fused-ring (bicyclic) bond motifs is 1. The van der Waals surface area contributed by atoms with E-state index in [4.69, 9.17) is 0 Å².